The number of carbonyl (C=O) groups excluding carboxylic acids is 3. The number of aromatic amines is 1. The van der Waals surface area contributed by atoms with E-state index in [4.69, 9.17) is 10.8 Å². The number of hydrogen-bond donors (Lipinski definition) is 5. The van der Waals surface area contributed by atoms with Gasteiger partial charge >= 0.3 is 5.97 Å². The van der Waals surface area contributed by atoms with Gasteiger partial charge in [0.2, 0.25) is 17.7 Å². The quantitative estimate of drug-likeness (QED) is 0.454. The van der Waals surface area contributed by atoms with E-state index in [1.165, 1.54) is 0 Å². The molecular weight excluding hydrogens is 340 g/mol. The number of carboxylic acids is 1. The lowest BCUT2D eigenvalue weighted by molar-refractivity contribution is -0.143. The molecule has 138 valence electrons. The van der Waals surface area contributed by atoms with Gasteiger partial charge in [0.1, 0.15) is 12.1 Å². The van der Waals surface area contributed by atoms with Crippen LogP contribution in [0.4, 0.5) is 0 Å². The molecule has 3 amide bonds. The van der Waals surface area contributed by atoms with Gasteiger partial charge in [-0.1, -0.05) is 25.1 Å². The van der Waals surface area contributed by atoms with Crippen molar-refractivity contribution in [3.63, 3.8) is 0 Å². The first-order valence-corrected chi connectivity index (χ1v) is 8.00. The van der Waals surface area contributed by atoms with Gasteiger partial charge in [-0.15, -0.1) is 0 Å². The Morgan fingerprint density at radius 3 is 2.50 bits per heavy atom. The van der Waals surface area contributed by atoms with Crippen LogP contribution in [0.5, 0.6) is 0 Å². The fourth-order valence-electron chi connectivity index (χ4n) is 2.54. The normalized spacial score (nSPS) is 13.0. The summed E-state index contributed by atoms with van der Waals surface area (Å²) in [5, 5.41) is 14.7. The predicted molar refractivity (Wildman–Crippen MR) is 92.9 cm³/mol. The third kappa shape index (κ3) is 4.38. The Labute approximate surface area is 148 Å². The number of fused-ring (bicyclic) bond motifs is 1. The molecule has 1 aromatic carbocycles. The van der Waals surface area contributed by atoms with Gasteiger partial charge in [-0.2, -0.15) is 0 Å². The topological polar surface area (TPSA) is 154 Å². The standard InChI is InChI=1S/C17H20N4O5/c1-2-14(23)21-15(10-8-19-11-6-4-3-5-9(10)11)16(24)20-12(17(25)26)7-13(18)22/h3-6,8,12,15,19H,2,7H2,1H3,(H2,18,22)(H,20,24)(H,21,23)(H,25,26)/t12-,15?/m0/s1. The first kappa shape index (κ1) is 19.0. The third-order valence-corrected chi connectivity index (χ3v) is 3.84. The number of nitrogens with two attached hydrogens (primary N) is 1. The summed E-state index contributed by atoms with van der Waals surface area (Å²) in [5.74, 6) is -3.38. The van der Waals surface area contributed by atoms with Gasteiger partial charge in [-0.3, -0.25) is 14.4 Å². The van der Waals surface area contributed by atoms with Crippen LogP contribution in [0.15, 0.2) is 30.5 Å². The van der Waals surface area contributed by atoms with E-state index < -0.39 is 36.3 Å². The Morgan fingerprint density at radius 2 is 1.88 bits per heavy atom. The number of hydrogen-bond acceptors (Lipinski definition) is 4. The lowest BCUT2D eigenvalue weighted by atomic mass is 10.0. The van der Waals surface area contributed by atoms with Crippen LogP contribution < -0.4 is 16.4 Å². The molecule has 1 heterocycles. The zero-order valence-electron chi connectivity index (χ0n) is 14.1. The van der Waals surface area contributed by atoms with Crippen LogP contribution in [-0.4, -0.2) is 39.8 Å². The Bertz CT molecular complexity index is 845. The highest BCUT2D eigenvalue weighted by atomic mass is 16.4. The maximum Gasteiger partial charge on any atom is 0.326 e. The summed E-state index contributed by atoms with van der Waals surface area (Å²) in [6, 6.07) is 4.58. The zero-order chi connectivity index (χ0) is 19.3. The van der Waals surface area contributed by atoms with Crippen LogP contribution in [0.25, 0.3) is 10.9 Å². The average molecular weight is 360 g/mol. The van der Waals surface area contributed by atoms with Crippen molar-refractivity contribution in [2.45, 2.75) is 31.8 Å². The van der Waals surface area contributed by atoms with Crippen LogP contribution in [0.3, 0.4) is 0 Å². The first-order chi connectivity index (χ1) is 12.3. The van der Waals surface area contributed by atoms with E-state index >= 15 is 0 Å². The van der Waals surface area contributed by atoms with Crippen molar-refractivity contribution in [3.8, 4) is 0 Å². The smallest absolute Gasteiger partial charge is 0.326 e. The van der Waals surface area contributed by atoms with E-state index in [9.17, 15) is 19.2 Å². The van der Waals surface area contributed by atoms with Crippen molar-refractivity contribution in [2.24, 2.45) is 5.73 Å². The molecule has 0 bridgehead atoms. The maximum absolute atomic E-state index is 12.7. The van der Waals surface area contributed by atoms with Crippen molar-refractivity contribution in [1.29, 1.82) is 0 Å². The van der Waals surface area contributed by atoms with Crippen LogP contribution in [0, 0.1) is 0 Å². The van der Waals surface area contributed by atoms with Crippen LogP contribution >= 0.6 is 0 Å². The Hall–Kier alpha value is -3.36. The molecule has 1 unspecified atom stereocenters. The number of rotatable bonds is 8. The Morgan fingerprint density at radius 1 is 1.19 bits per heavy atom. The van der Waals surface area contributed by atoms with Crippen molar-refractivity contribution < 1.29 is 24.3 Å². The molecule has 0 aliphatic carbocycles. The van der Waals surface area contributed by atoms with E-state index in [0.717, 1.165) is 5.52 Å². The molecule has 2 atom stereocenters. The van der Waals surface area contributed by atoms with Gasteiger partial charge in [0.15, 0.2) is 0 Å². The second-order valence-electron chi connectivity index (χ2n) is 5.71. The number of H-pyrrole nitrogens is 1. The molecule has 9 heteroatoms. The number of primary amides is 1. The summed E-state index contributed by atoms with van der Waals surface area (Å²) in [4.78, 5) is 49.8. The fraction of sp³-hybridized carbons (Fsp3) is 0.294. The van der Waals surface area contributed by atoms with E-state index in [1.54, 1.807) is 25.3 Å². The molecular formula is C17H20N4O5. The van der Waals surface area contributed by atoms with Gasteiger partial charge < -0.3 is 26.5 Å². The summed E-state index contributed by atoms with van der Waals surface area (Å²) in [6.07, 6.45) is 1.17. The molecule has 0 spiro atoms. The molecule has 1 aromatic heterocycles. The minimum atomic E-state index is -1.48. The molecule has 0 aliphatic rings. The molecule has 2 rings (SSSR count). The lowest BCUT2D eigenvalue weighted by Gasteiger charge is -2.20. The molecule has 0 saturated carbocycles. The predicted octanol–water partition coefficient (Wildman–Crippen LogP) is 0.180. The molecule has 9 nitrogen and oxygen atoms in total. The SMILES string of the molecule is CCC(=O)NC(C(=O)N[C@@H](CC(N)=O)C(=O)O)c1c[nH]c2ccccc12. The summed E-state index contributed by atoms with van der Waals surface area (Å²) in [5.41, 5.74) is 6.28. The lowest BCUT2D eigenvalue weighted by Crippen LogP contribution is -2.48. The number of carbonyl (C=O) groups is 4. The largest absolute Gasteiger partial charge is 0.480 e. The monoisotopic (exact) mass is 360 g/mol. The maximum atomic E-state index is 12.7. The molecule has 6 N–H and O–H groups in total. The highest BCUT2D eigenvalue weighted by Crippen LogP contribution is 2.24. The van der Waals surface area contributed by atoms with Crippen LogP contribution in [-0.2, 0) is 19.2 Å². The van der Waals surface area contributed by atoms with E-state index in [1.807, 2.05) is 12.1 Å². The fourth-order valence-corrected chi connectivity index (χ4v) is 2.54. The van der Waals surface area contributed by atoms with Gasteiger partial charge in [0.05, 0.1) is 6.42 Å². The minimum absolute atomic E-state index is 0.149. The van der Waals surface area contributed by atoms with E-state index in [-0.39, 0.29) is 12.3 Å². The van der Waals surface area contributed by atoms with Crippen molar-refractivity contribution in [1.82, 2.24) is 15.6 Å². The van der Waals surface area contributed by atoms with Gasteiger partial charge in [-0.05, 0) is 6.07 Å². The van der Waals surface area contributed by atoms with Gasteiger partial charge in [0, 0.05) is 29.1 Å². The summed E-state index contributed by atoms with van der Waals surface area (Å²) in [6.45, 7) is 1.63. The van der Waals surface area contributed by atoms with E-state index in [0.29, 0.717) is 10.9 Å². The highest BCUT2D eigenvalue weighted by molar-refractivity contribution is 5.96. The second-order valence-corrected chi connectivity index (χ2v) is 5.71. The second kappa shape index (κ2) is 8.15. The average Bonchev–Trinajstić information content (AvgIpc) is 3.02. The number of amides is 3. The van der Waals surface area contributed by atoms with Gasteiger partial charge in [-0.25, -0.2) is 4.79 Å². The van der Waals surface area contributed by atoms with E-state index in [2.05, 4.69) is 15.6 Å². The molecule has 0 aliphatic heterocycles. The Kier molecular flexibility index (Phi) is 5.94. The van der Waals surface area contributed by atoms with Crippen molar-refractivity contribution >= 4 is 34.6 Å². The number of aromatic nitrogens is 1. The summed E-state index contributed by atoms with van der Waals surface area (Å²) >= 11 is 0. The molecule has 2 aromatic rings. The Balaban J connectivity index is 2.34. The number of para-hydroxylation sites is 1. The third-order valence-electron chi connectivity index (χ3n) is 3.84. The van der Waals surface area contributed by atoms with Crippen LogP contribution in [0.1, 0.15) is 31.4 Å². The highest BCUT2D eigenvalue weighted by Gasteiger charge is 2.29. The molecule has 0 radical (unpaired) electrons. The van der Waals surface area contributed by atoms with Crippen molar-refractivity contribution in [3.05, 3.63) is 36.0 Å². The number of nitrogens with one attached hydrogen (secondary N) is 3. The van der Waals surface area contributed by atoms with Gasteiger partial charge in [0.25, 0.3) is 0 Å². The minimum Gasteiger partial charge on any atom is -0.480 e. The number of benzene rings is 1. The van der Waals surface area contributed by atoms with Crippen LogP contribution in [0.2, 0.25) is 0 Å². The molecule has 0 saturated heterocycles. The first-order valence-electron chi connectivity index (χ1n) is 8.00. The summed E-state index contributed by atoms with van der Waals surface area (Å²) in [7, 11) is 0. The van der Waals surface area contributed by atoms with Crippen molar-refractivity contribution in [2.75, 3.05) is 0 Å². The number of carboxylic acid groups (broad SMARTS) is 1. The molecule has 26 heavy (non-hydrogen) atoms. The zero-order valence-corrected chi connectivity index (χ0v) is 14.1. The summed E-state index contributed by atoms with van der Waals surface area (Å²) < 4.78 is 0. The molecule has 0 fully saturated rings. The number of aliphatic carboxylic acids is 1.